The fourth-order valence-electron chi connectivity index (χ4n) is 8.69. The van der Waals surface area contributed by atoms with Crippen LogP contribution in [-0.4, -0.2) is 15.0 Å². The van der Waals surface area contributed by atoms with E-state index in [4.69, 9.17) is 24.4 Å². The second-order valence-electron chi connectivity index (χ2n) is 14.3. The van der Waals surface area contributed by atoms with Crippen LogP contribution in [-0.2, 0) is 5.41 Å². The summed E-state index contributed by atoms with van der Waals surface area (Å²) in [5, 5.41) is 1.15. The second kappa shape index (κ2) is 11.9. The number of aromatic nitrogens is 3. The zero-order valence-electron chi connectivity index (χ0n) is 29.8. The molecule has 9 aromatic rings. The van der Waals surface area contributed by atoms with E-state index in [1.165, 1.54) is 31.8 Å². The predicted octanol–water partition coefficient (Wildman–Crippen LogP) is 12.2. The van der Waals surface area contributed by atoms with E-state index >= 15 is 0 Å². The van der Waals surface area contributed by atoms with Gasteiger partial charge in [-0.2, -0.15) is 0 Å². The van der Waals surface area contributed by atoms with Gasteiger partial charge in [0, 0.05) is 37.2 Å². The zero-order chi connectivity index (χ0) is 36.8. The Hall–Kier alpha value is -7.15. The van der Waals surface area contributed by atoms with Crippen molar-refractivity contribution < 1.29 is 9.47 Å². The number of nitrogens with zero attached hydrogens (tertiary/aromatic N) is 3. The third-order valence-electron chi connectivity index (χ3n) is 11.2. The number of thiophene rings is 1. The average molecular weight is 736 g/mol. The van der Waals surface area contributed by atoms with Crippen LogP contribution in [0.4, 0.5) is 0 Å². The normalized spacial score (nSPS) is 14.1. The molecule has 0 fully saturated rings. The van der Waals surface area contributed by atoms with Gasteiger partial charge in [-0.05, 0) is 57.6 Å². The van der Waals surface area contributed by atoms with Gasteiger partial charge in [-0.25, -0.2) is 15.0 Å². The maximum atomic E-state index is 6.99. The summed E-state index contributed by atoms with van der Waals surface area (Å²) in [5.74, 6) is 5.01. The number of allylic oxidation sites excluding steroid dienone is 1. The van der Waals surface area contributed by atoms with Crippen molar-refractivity contribution in [3.05, 3.63) is 203 Å². The van der Waals surface area contributed by atoms with Crippen molar-refractivity contribution in [2.45, 2.75) is 5.41 Å². The van der Waals surface area contributed by atoms with Crippen molar-refractivity contribution in [3.8, 4) is 67.9 Å². The lowest BCUT2D eigenvalue weighted by atomic mass is 9.77. The van der Waals surface area contributed by atoms with Crippen molar-refractivity contribution in [2.24, 2.45) is 0 Å². The minimum atomic E-state index is -0.626. The van der Waals surface area contributed by atoms with Crippen molar-refractivity contribution >= 4 is 27.2 Å². The summed E-state index contributed by atoms with van der Waals surface area (Å²) < 4.78 is 15.1. The molecule has 0 unspecified atom stereocenters. The van der Waals surface area contributed by atoms with Crippen LogP contribution in [0.15, 0.2) is 182 Å². The summed E-state index contributed by atoms with van der Waals surface area (Å²) in [4.78, 5) is 16.0. The topological polar surface area (TPSA) is 57.1 Å². The Morgan fingerprint density at radius 1 is 0.429 bits per heavy atom. The third-order valence-corrected chi connectivity index (χ3v) is 12.5. The Morgan fingerprint density at radius 2 is 0.911 bits per heavy atom. The standard InChI is InChI=1S/C50H29N3O2S/c1-3-13-31(14-4-1)47-51-48(32-15-5-2-6-16-32)53-49(52-47)33-25-23-30(24-26-33)34-27-28-42-37(29-34)43-44-45(55-41-22-12-11-21-40(41)54-44)50(46(43)56-42)38-19-9-7-17-35(38)36-18-8-10-20-39(36)50/h1-29H. The van der Waals surface area contributed by atoms with E-state index in [-0.39, 0.29) is 0 Å². The summed E-state index contributed by atoms with van der Waals surface area (Å²) in [7, 11) is 0. The molecule has 2 aliphatic carbocycles. The molecule has 0 saturated carbocycles. The average Bonchev–Trinajstić information content (AvgIpc) is 3.89. The molecule has 0 bridgehead atoms. The molecule has 0 N–H and O–H groups in total. The van der Waals surface area contributed by atoms with Crippen LogP contribution in [0.1, 0.15) is 21.6 Å². The van der Waals surface area contributed by atoms with Gasteiger partial charge in [-0.15, -0.1) is 11.3 Å². The van der Waals surface area contributed by atoms with Crippen LogP contribution in [0, 0.1) is 0 Å². The van der Waals surface area contributed by atoms with Crippen molar-refractivity contribution in [2.75, 3.05) is 0 Å². The fourth-order valence-corrected chi connectivity index (χ4v) is 10.1. The number of ether oxygens (including phenoxy) is 2. The van der Waals surface area contributed by atoms with Gasteiger partial charge in [0.25, 0.3) is 0 Å². The van der Waals surface area contributed by atoms with Crippen molar-refractivity contribution in [1.29, 1.82) is 0 Å². The minimum Gasteiger partial charge on any atom is -0.452 e. The van der Waals surface area contributed by atoms with E-state index in [1.807, 2.05) is 96.3 Å². The SMILES string of the molecule is c1ccc(-c2nc(-c3ccccc3)nc(-c3ccc(-c4ccc5sc6c(c5c4)C4=C(Oc5ccccc5O4)C64c5ccccc5-c5ccccc54)cc3)n2)cc1. The Balaban J connectivity index is 0.998. The highest BCUT2D eigenvalue weighted by Gasteiger charge is 2.58. The zero-order valence-corrected chi connectivity index (χ0v) is 30.6. The Bertz CT molecular complexity index is 2980. The molecule has 6 heteroatoms. The summed E-state index contributed by atoms with van der Waals surface area (Å²) in [6, 6.07) is 60.9. The Labute approximate surface area is 326 Å². The highest BCUT2D eigenvalue weighted by atomic mass is 32.1. The van der Waals surface area contributed by atoms with Gasteiger partial charge in [0.05, 0.1) is 0 Å². The molecule has 0 amide bonds. The number of para-hydroxylation sites is 2. The maximum absolute atomic E-state index is 6.99. The Kier molecular flexibility index (Phi) is 6.65. The van der Waals surface area contributed by atoms with E-state index in [0.717, 1.165) is 61.8 Å². The maximum Gasteiger partial charge on any atom is 0.176 e. The molecule has 0 atom stereocenters. The molecule has 7 aromatic carbocycles. The summed E-state index contributed by atoms with van der Waals surface area (Å²) in [6.07, 6.45) is 0. The van der Waals surface area contributed by atoms with Gasteiger partial charge in [0.1, 0.15) is 5.41 Å². The molecule has 12 rings (SSSR count). The van der Waals surface area contributed by atoms with Crippen molar-refractivity contribution in [3.63, 3.8) is 0 Å². The van der Waals surface area contributed by atoms with Crippen LogP contribution < -0.4 is 9.47 Å². The third kappa shape index (κ3) is 4.45. The summed E-state index contributed by atoms with van der Waals surface area (Å²) in [6.45, 7) is 0. The lowest BCUT2D eigenvalue weighted by Crippen LogP contribution is -2.30. The summed E-state index contributed by atoms with van der Waals surface area (Å²) in [5.41, 5.74) is 10.4. The molecule has 0 saturated heterocycles. The predicted molar refractivity (Wildman–Crippen MR) is 223 cm³/mol. The van der Waals surface area contributed by atoms with Crippen LogP contribution >= 0.6 is 11.3 Å². The van der Waals surface area contributed by atoms with E-state index in [2.05, 4.69) is 91.0 Å². The molecular weight excluding hydrogens is 707 g/mol. The lowest BCUT2D eigenvalue weighted by Gasteiger charge is -2.32. The largest absolute Gasteiger partial charge is 0.452 e. The highest BCUT2D eigenvalue weighted by Crippen LogP contribution is 2.66. The van der Waals surface area contributed by atoms with E-state index in [1.54, 1.807) is 0 Å². The number of hydrogen-bond acceptors (Lipinski definition) is 6. The van der Waals surface area contributed by atoms with Gasteiger partial charge < -0.3 is 9.47 Å². The van der Waals surface area contributed by atoms with Gasteiger partial charge >= 0.3 is 0 Å². The van der Waals surface area contributed by atoms with Gasteiger partial charge in [-0.3, -0.25) is 0 Å². The molecule has 2 aromatic heterocycles. The molecule has 56 heavy (non-hydrogen) atoms. The Morgan fingerprint density at radius 3 is 1.52 bits per heavy atom. The molecule has 1 aliphatic heterocycles. The monoisotopic (exact) mass is 735 g/mol. The first-order valence-corrected chi connectivity index (χ1v) is 19.5. The lowest BCUT2D eigenvalue weighted by molar-refractivity contribution is 0.317. The molecular formula is C50H29N3O2S. The molecule has 3 aliphatic rings. The van der Waals surface area contributed by atoms with Crippen LogP contribution in [0.25, 0.3) is 72.3 Å². The minimum absolute atomic E-state index is 0.626. The number of rotatable bonds is 4. The second-order valence-corrected chi connectivity index (χ2v) is 15.3. The van der Waals surface area contributed by atoms with Gasteiger partial charge in [-0.1, -0.05) is 152 Å². The van der Waals surface area contributed by atoms with Crippen molar-refractivity contribution in [1.82, 2.24) is 15.0 Å². The highest BCUT2D eigenvalue weighted by molar-refractivity contribution is 7.19. The van der Waals surface area contributed by atoms with E-state index < -0.39 is 5.41 Å². The number of hydrogen-bond donors (Lipinski definition) is 0. The molecule has 5 nitrogen and oxygen atoms in total. The van der Waals surface area contributed by atoms with E-state index in [9.17, 15) is 0 Å². The van der Waals surface area contributed by atoms with Crippen LogP contribution in [0.3, 0.4) is 0 Å². The smallest absolute Gasteiger partial charge is 0.176 e. The first-order valence-electron chi connectivity index (χ1n) is 18.7. The molecule has 0 radical (unpaired) electrons. The fraction of sp³-hybridized carbons (Fsp3) is 0.0200. The number of fused-ring (bicyclic) bond motifs is 12. The molecule has 262 valence electrons. The first-order chi connectivity index (χ1) is 27.7. The summed E-state index contributed by atoms with van der Waals surface area (Å²) >= 11 is 1.83. The van der Waals surface area contributed by atoms with Crippen LogP contribution in [0.5, 0.6) is 11.5 Å². The van der Waals surface area contributed by atoms with E-state index in [0.29, 0.717) is 17.5 Å². The van der Waals surface area contributed by atoms with Crippen LogP contribution in [0.2, 0.25) is 0 Å². The first kappa shape index (κ1) is 31.2. The number of benzene rings is 7. The quantitative estimate of drug-likeness (QED) is 0.180. The van der Waals surface area contributed by atoms with Gasteiger partial charge in [0.2, 0.25) is 0 Å². The molecule has 3 heterocycles. The van der Waals surface area contributed by atoms with Gasteiger partial charge in [0.15, 0.2) is 40.5 Å². The molecule has 1 spiro atoms.